The van der Waals surface area contributed by atoms with Gasteiger partial charge >= 0.3 is 5.97 Å². The number of carboxylic acids is 1. The first-order chi connectivity index (χ1) is 7.68. The van der Waals surface area contributed by atoms with Gasteiger partial charge in [-0.25, -0.2) is 4.98 Å². The number of hydrogen-bond donors (Lipinski definition) is 2. The van der Waals surface area contributed by atoms with E-state index in [9.17, 15) is 4.79 Å². The lowest BCUT2D eigenvalue weighted by Gasteiger charge is -2.09. The van der Waals surface area contributed by atoms with E-state index in [2.05, 4.69) is 9.97 Å². The lowest BCUT2D eigenvalue weighted by molar-refractivity contribution is -0.137. The predicted molar refractivity (Wildman–Crippen MR) is 56.8 cm³/mol. The third-order valence-corrected chi connectivity index (χ3v) is 2.39. The van der Waals surface area contributed by atoms with Gasteiger partial charge in [-0.3, -0.25) is 14.2 Å². The number of carbonyl (C=O) groups is 1. The molecule has 84 valence electrons. The quantitative estimate of drug-likeness (QED) is 0.786. The number of hydrogen-bond acceptors (Lipinski definition) is 4. The van der Waals surface area contributed by atoms with Crippen molar-refractivity contribution in [1.82, 2.24) is 14.4 Å². The molecule has 0 radical (unpaired) electrons. The number of nitrogens with zero attached hydrogens (tertiary/aromatic N) is 3. The fourth-order valence-corrected chi connectivity index (χ4v) is 1.56. The summed E-state index contributed by atoms with van der Waals surface area (Å²) in [6, 6.07) is -0.325. The van der Waals surface area contributed by atoms with Gasteiger partial charge in [0.25, 0.3) is 0 Å². The van der Waals surface area contributed by atoms with E-state index in [0.29, 0.717) is 12.1 Å². The summed E-state index contributed by atoms with van der Waals surface area (Å²) in [6.07, 6.45) is 7.14. The van der Waals surface area contributed by atoms with Crippen LogP contribution in [0.4, 0.5) is 0 Å². The average Bonchev–Trinajstić information content (AvgIpc) is 2.69. The first-order valence-electron chi connectivity index (χ1n) is 4.93. The fourth-order valence-electron chi connectivity index (χ4n) is 1.56. The van der Waals surface area contributed by atoms with Gasteiger partial charge in [-0.05, 0) is 6.42 Å². The molecule has 16 heavy (non-hydrogen) atoms. The molecular weight excluding hydrogens is 208 g/mol. The second-order valence-electron chi connectivity index (χ2n) is 3.53. The largest absolute Gasteiger partial charge is 0.481 e. The van der Waals surface area contributed by atoms with Gasteiger partial charge in [0.1, 0.15) is 0 Å². The summed E-state index contributed by atoms with van der Waals surface area (Å²) < 4.78 is 1.82. The van der Waals surface area contributed by atoms with E-state index in [0.717, 1.165) is 5.69 Å². The highest BCUT2D eigenvalue weighted by Crippen LogP contribution is 2.16. The molecule has 0 aromatic carbocycles. The van der Waals surface area contributed by atoms with Crippen LogP contribution in [-0.2, 0) is 4.79 Å². The smallest absolute Gasteiger partial charge is 0.303 e. The van der Waals surface area contributed by atoms with Crippen LogP contribution in [0.15, 0.2) is 24.8 Å². The molecule has 1 atom stereocenters. The molecule has 2 aromatic heterocycles. The number of imidazole rings is 1. The van der Waals surface area contributed by atoms with Gasteiger partial charge in [-0.15, -0.1) is 0 Å². The molecule has 0 amide bonds. The van der Waals surface area contributed by atoms with E-state index in [1.807, 2.05) is 4.40 Å². The molecule has 0 aliphatic carbocycles. The summed E-state index contributed by atoms with van der Waals surface area (Å²) in [5.74, 6) is -0.842. The van der Waals surface area contributed by atoms with Crippen LogP contribution in [0.2, 0.25) is 0 Å². The molecule has 0 spiro atoms. The van der Waals surface area contributed by atoms with Crippen LogP contribution in [-0.4, -0.2) is 25.4 Å². The van der Waals surface area contributed by atoms with Gasteiger partial charge < -0.3 is 10.8 Å². The molecule has 2 rings (SSSR count). The molecule has 0 fully saturated rings. The van der Waals surface area contributed by atoms with Crippen LogP contribution < -0.4 is 5.73 Å². The monoisotopic (exact) mass is 220 g/mol. The van der Waals surface area contributed by atoms with Crippen molar-refractivity contribution in [2.45, 2.75) is 18.9 Å². The molecule has 1 unspecified atom stereocenters. The van der Waals surface area contributed by atoms with Gasteiger partial charge in [0.05, 0.1) is 18.1 Å². The molecule has 2 heterocycles. The van der Waals surface area contributed by atoms with Crippen molar-refractivity contribution in [1.29, 1.82) is 0 Å². The number of aromatic nitrogens is 3. The minimum absolute atomic E-state index is 0.0550. The summed E-state index contributed by atoms with van der Waals surface area (Å²) >= 11 is 0. The lowest BCUT2D eigenvalue weighted by atomic mass is 10.1. The molecule has 6 nitrogen and oxygen atoms in total. The molecule has 0 saturated heterocycles. The first-order valence-corrected chi connectivity index (χ1v) is 4.93. The Labute approximate surface area is 91.7 Å². The Kier molecular flexibility index (Phi) is 2.82. The normalized spacial score (nSPS) is 12.8. The number of rotatable bonds is 4. The first kappa shape index (κ1) is 10.6. The molecule has 0 bridgehead atoms. The summed E-state index contributed by atoms with van der Waals surface area (Å²) in [4.78, 5) is 18.5. The van der Waals surface area contributed by atoms with E-state index in [1.165, 1.54) is 0 Å². The van der Waals surface area contributed by atoms with Gasteiger partial charge in [0.2, 0.25) is 0 Å². The second-order valence-corrected chi connectivity index (χ2v) is 3.53. The zero-order valence-electron chi connectivity index (χ0n) is 8.58. The van der Waals surface area contributed by atoms with E-state index in [-0.39, 0.29) is 12.5 Å². The van der Waals surface area contributed by atoms with Crippen molar-refractivity contribution in [3.05, 3.63) is 30.5 Å². The molecule has 2 aromatic rings. The van der Waals surface area contributed by atoms with Crippen LogP contribution in [0.25, 0.3) is 5.65 Å². The minimum Gasteiger partial charge on any atom is -0.481 e. The molecule has 0 aliphatic heterocycles. The van der Waals surface area contributed by atoms with Gasteiger partial charge in [0, 0.05) is 24.9 Å². The maximum Gasteiger partial charge on any atom is 0.303 e. The maximum absolute atomic E-state index is 10.4. The molecular formula is C10H12N4O2. The highest BCUT2D eigenvalue weighted by Gasteiger charge is 2.12. The minimum atomic E-state index is -0.842. The van der Waals surface area contributed by atoms with Crippen LogP contribution in [0.5, 0.6) is 0 Å². The van der Waals surface area contributed by atoms with Crippen molar-refractivity contribution < 1.29 is 9.90 Å². The van der Waals surface area contributed by atoms with Crippen LogP contribution in [0.3, 0.4) is 0 Å². The summed E-state index contributed by atoms with van der Waals surface area (Å²) in [6.45, 7) is 0. The third kappa shape index (κ3) is 2.01. The van der Waals surface area contributed by atoms with Crippen molar-refractivity contribution in [2.75, 3.05) is 0 Å². The van der Waals surface area contributed by atoms with Crippen LogP contribution >= 0.6 is 0 Å². The Morgan fingerprint density at radius 1 is 1.56 bits per heavy atom. The Morgan fingerprint density at radius 3 is 3.12 bits per heavy atom. The lowest BCUT2D eigenvalue weighted by Crippen LogP contribution is -2.14. The van der Waals surface area contributed by atoms with Gasteiger partial charge in [-0.2, -0.15) is 0 Å². The van der Waals surface area contributed by atoms with Crippen LogP contribution in [0, 0.1) is 0 Å². The Bertz CT molecular complexity index is 508. The number of nitrogens with two attached hydrogens (primary N) is 1. The topological polar surface area (TPSA) is 93.5 Å². The van der Waals surface area contributed by atoms with Gasteiger partial charge in [0.15, 0.2) is 5.65 Å². The van der Waals surface area contributed by atoms with E-state index < -0.39 is 5.97 Å². The Balaban J connectivity index is 2.22. The van der Waals surface area contributed by atoms with Crippen LogP contribution in [0.1, 0.15) is 24.6 Å². The highest BCUT2D eigenvalue weighted by atomic mass is 16.4. The zero-order valence-corrected chi connectivity index (χ0v) is 8.58. The highest BCUT2D eigenvalue weighted by molar-refractivity contribution is 5.66. The molecule has 3 N–H and O–H groups in total. The Hall–Kier alpha value is -1.95. The number of carboxylic acid groups (broad SMARTS) is 1. The summed E-state index contributed by atoms with van der Waals surface area (Å²) in [7, 11) is 0. The molecule has 6 heteroatoms. The van der Waals surface area contributed by atoms with Crippen molar-refractivity contribution in [2.24, 2.45) is 5.73 Å². The summed E-state index contributed by atoms with van der Waals surface area (Å²) in [5.41, 5.74) is 7.42. The molecule has 0 saturated carbocycles. The molecule has 0 aliphatic rings. The maximum atomic E-state index is 10.4. The standard InChI is InChI=1S/C10H12N4O2/c11-7(1-2-10(15)16)8-5-13-9-6-12-3-4-14(8)9/h3-7H,1-2,11H2,(H,15,16). The average molecular weight is 220 g/mol. The predicted octanol–water partition coefficient (Wildman–Crippen LogP) is 0.594. The van der Waals surface area contributed by atoms with Crippen molar-refractivity contribution >= 4 is 11.6 Å². The number of fused-ring (bicyclic) bond motifs is 1. The third-order valence-electron chi connectivity index (χ3n) is 2.39. The van der Waals surface area contributed by atoms with Crippen molar-refractivity contribution in [3.63, 3.8) is 0 Å². The van der Waals surface area contributed by atoms with Gasteiger partial charge in [-0.1, -0.05) is 0 Å². The zero-order chi connectivity index (χ0) is 11.5. The number of aliphatic carboxylic acids is 1. The Morgan fingerprint density at radius 2 is 2.38 bits per heavy atom. The van der Waals surface area contributed by atoms with Crippen molar-refractivity contribution in [3.8, 4) is 0 Å². The fraction of sp³-hybridized carbons (Fsp3) is 0.300. The van der Waals surface area contributed by atoms with E-state index >= 15 is 0 Å². The SMILES string of the molecule is NC(CCC(=O)O)c1cnc2cnccn12. The second kappa shape index (κ2) is 4.28. The summed E-state index contributed by atoms with van der Waals surface area (Å²) in [5, 5.41) is 8.59. The van der Waals surface area contributed by atoms with E-state index in [1.54, 1.807) is 24.8 Å². The van der Waals surface area contributed by atoms with E-state index in [4.69, 9.17) is 10.8 Å².